The number of phenolic OH excluding ortho intramolecular Hbond substituents is 1. The molecule has 1 aromatic carbocycles. The van der Waals surface area contributed by atoms with Crippen molar-refractivity contribution in [2.24, 2.45) is 7.05 Å². The standard InChI is InChI=1S/C17H22ClN5O2/c1-3-23-8-4-5-12(10-23)19-17-21-20-15(16(25)22(17)2)13-7-6-11(18)9-14(13)24/h6-7,9,12,24H,3-5,8,10H2,1-2H3,(H,19,21)/t12-/m1/s1. The van der Waals surface area contributed by atoms with Crippen LogP contribution in [0, 0.1) is 0 Å². The maximum Gasteiger partial charge on any atom is 0.281 e. The van der Waals surface area contributed by atoms with Crippen LogP contribution in [0.2, 0.25) is 5.02 Å². The third-order valence-electron chi connectivity index (χ3n) is 4.57. The van der Waals surface area contributed by atoms with E-state index < -0.39 is 0 Å². The molecule has 3 rings (SSSR count). The van der Waals surface area contributed by atoms with E-state index in [4.69, 9.17) is 11.6 Å². The maximum absolute atomic E-state index is 12.7. The molecule has 0 aliphatic carbocycles. The van der Waals surface area contributed by atoms with Gasteiger partial charge in [-0.25, -0.2) is 0 Å². The number of rotatable bonds is 4. The van der Waals surface area contributed by atoms with Crippen LogP contribution in [0.5, 0.6) is 5.75 Å². The fourth-order valence-corrected chi connectivity index (χ4v) is 3.27. The average Bonchev–Trinajstić information content (AvgIpc) is 2.60. The van der Waals surface area contributed by atoms with Crippen molar-refractivity contribution in [3.63, 3.8) is 0 Å². The van der Waals surface area contributed by atoms with Gasteiger partial charge in [0.2, 0.25) is 5.95 Å². The number of aromatic nitrogens is 3. The summed E-state index contributed by atoms with van der Waals surface area (Å²) in [4.78, 5) is 15.0. The largest absolute Gasteiger partial charge is 0.507 e. The predicted molar refractivity (Wildman–Crippen MR) is 98.1 cm³/mol. The van der Waals surface area contributed by atoms with E-state index in [1.807, 2.05) is 0 Å². The van der Waals surface area contributed by atoms with Gasteiger partial charge in [-0.1, -0.05) is 18.5 Å². The van der Waals surface area contributed by atoms with Crippen LogP contribution in [0.15, 0.2) is 23.0 Å². The van der Waals surface area contributed by atoms with Gasteiger partial charge in [0.25, 0.3) is 5.56 Å². The minimum absolute atomic E-state index is 0.0922. The highest BCUT2D eigenvalue weighted by atomic mass is 35.5. The predicted octanol–water partition coefficient (Wildman–Crippen LogP) is 2.10. The molecule has 1 saturated heterocycles. The average molecular weight is 364 g/mol. The Morgan fingerprint density at radius 3 is 2.92 bits per heavy atom. The molecule has 25 heavy (non-hydrogen) atoms. The highest BCUT2D eigenvalue weighted by Crippen LogP contribution is 2.28. The fourth-order valence-electron chi connectivity index (χ4n) is 3.11. The summed E-state index contributed by atoms with van der Waals surface area (Å²) in [5, 5.41) is 21.9. The van der Waals surface area contributed by atoms with Crippen LogP contribution in [0.4, 0.5) is 5.95 Å². The molecule has 2 aromatic rings. The topological polar surface area (TPSA) is 83.3 Å². The Balaban J connectivity index is 1.87. The van der Waals surface area contributed by atoms with Gasteiger partial charge in [-0.3, -0.25) is 9.36 Å². The van der Waals surface area contributed by atoms with Crippen molar-refractivity contribution in [1.29, 1.82) is 0 Å². The van der Waals surface area contributed by atoms with E-state index in [2.05, 4.69) is 27.3 Å². The number of likely N-dealkylation sites (N-methyl/N-ethyl adjacent to an activating group) is 1. The summed E-state index contributed by atoms with van der Waals surface area (Å²) in [7, 11) is 1.65. The Kier molecular flexibility index (Phi) is 5.24. The molecule has 8 heteroatoms. The second kappa shape index (κ2) is 7.41. The van der Waals surface area contributed by atoms with E-state index in [0.717, 1.165) is 32.5 Å². The normalized spacial score (nSPS) is 18.3. The lowest BCUT2D eigenvalue weighted by atomic mass is 10.1. The van der Waals surface area contributed by atoms with Crippen molar-refractivity contribution < 1.29 is 5.11 Å². The van der Waals surface area contributed by atoms with Crippen LogP contribution in [0.1, 0.15) is 19.8 Å². The monoisotopic (exact) mass is 363 g/mol. The van der Waals surface area contributed by atoms with Crippen molar-refractivity contribution in [3.05, 3.63) is 33.6 Å². The van der Waals surface area contributed by atoms with Gasteiger partial charge in [0.15, 0.2) is 5.69 Å². The lowest BCUT2D eigenvalue weighted by molar-refractivity contribution is 0.226. The third kappa shape index (κ3) is 3.77. The molecular formula is C17H22ClN5O2. The second-order valence-corrected chi connectivity index (χ2v) is 6.71. The van der Waals surface area contributed by atoms with E-state index in [-0.39, 0.29) is 23.0 Å². The van der Waals surface area contributed by atoms with Crippen molar-refractivity contribution >= 4 is 17.5 Å². The molecule has 0 bridgehead atoms. The number of piperidine rings is 1. The van der Waals surface area contributed by atoms with Crippen molar-refractivity contribution in [1.82, 2.24) is 19.7 Å². The van der Waals surface area contributed by atoms with Crippen LogP contribution in [0.3, 0.4) is 0 Å². The molecule has 0 radical (unpaired) electrons. The summed E-state index contributed by atoms with van der Waals surface area (Å²) in [5.41, 5.74) is 0.0956. The molecule has 1 aliphatic heterocycles. The minimum atomic E-state index is -0.321. The molecule has 0 spiro atoms. The zero-order valence-electron chi connectivity index (χ0n) is 14.4. The molecule has 1 fully saturated rings. The number of halogens is 1. The smallest absolute Gasteiger partial charge is 0.281 e. The number of benzene rings is 1. The van der Waals surface area contributed by atoms with Crippen LogP contribution in [-0.4, -0.2) is 50.4 Å². The number of likely N-dealkylation sites (tertiary alicyclic amines) is 1. The Labute approximate surface area is 151 Å². The van der Waals surface area contributed by atoms with Gasteiger partial charge >= 0.3 is 0 Å². The van der Waals surface area contributed by atoms with Gasteiger partial charge in [-0.05, 0) is 44.1 Å². The van der Waals surface area contributed by atoms with E-state index in [1.54, 1.807) is 19.2 Å². The number of anilines is 1. The van der Waals surface area contributed by atoms with Gasteiger partial charge in [0.1, 0.15) is 5.75 Å². The second-order valence-electron chi connectivity index (χ2n) is 6.27. The molecule has 1 aromatic heterocycles. The van der Waals surface area contributed by atoms with Crippen molar-refractivity contribution in [2.45, 2.75) is 25.8 Å². The zero-order chi connectivity index (χ0) is 18.0. The molecule has 1 atom stereocenters. The van der Waals surface area contributed by atoms with Crippen LogP contribution in [0.25, 0.3) is 11.3 Å². The van der Waals surface area contributed by atoms with E-state index >= 15 is 0 Å². The molecule has 0 unspecified atom stereocenters. The van der Waals surface area contributed by atoms with Crippen LogP contribution < -0.4 is 10.9 Å². The van der Waals surface area contributed by atoms with Crippen molar-refractivity contribution in [3.8, 4) is 17.0 Å². The lowest BCUT2D eigenvalue weighted by Gasteiger charge is -2.32. The third-order valence-corrected chi connectivity index (χ3v) is 4.81. The Hall–Kier alpha value is -2.12. The minimum Gasteiger partial charge on any atom is -0.507 e. The molecule has 134 valence electrons. The molecular weight excluding hydrogens is 342 g/mol. The van der Waals surface area contributed by atoms with E-state index in [9.17, 15) is 9.90 Å². The first-order valence-electron chi connectivity index (χ1n) is 8.41. The van der Waals surface area contributed by atoms with Gasteiger partial charge < -0.3 is 15.3 Å². The lowest BCUT2D eigenvalue weighted by Crippen LogP contribution is -2.43. The summed E-state index contributed by atoms with van der Waals surface area (Å²) in [5.74, 6) is 0.343. The first-order chi connectivity index (χ1) is 12.0. The Morgan fingerprint density at radius 1 is 1.40 bits per heavy atom. The van der Waals surface area contributed by atoms with Gasteiger partial charge in [-0.2, -0.15) is 0 Å². The maximum atomic E-state index is 12.7. The number of nitrogens with zero attached hydrogens (tertiary/aromatic N) is 4. The fraction of sp³-hybridized carbons (Fsp3) is 0.471. The molecule has 2 heterocycles. The molecule has 2 N–H and O–H groups in total. The first kappa shape index (κ1) is 17.7. The van der Waals surface area contributed by atoms with Crippen LogP contribution in [-0.2, 0) is 7.05 Å². The van der Waals surface area contributed by atoms with Gasteiger partial charge in [-0.15, -0.1) is 10.2 Å². The number of hydrogen-bond donors (Lipinski definition) is 2. The Morgan fingerprint density at radius 2 is 2.20 bits per heavy atom. The summed E-state index contributed by atoms with van der Waals surface area (Å²) in [6.45, 7) is 5.18. The summed E-state index contributed by atoms with van der Waals surface area (Å²) in [6.07, 6.45) is 2.15. The van der Waals surface area contributed by atoms with Crippen LogP contribution >= 0.6 is 11.6 Å². The number of phenols is 1. The summed E-state index contributed by atoms with van der Waals surface area (Å²) in [6, 6.07) is 4.79. The highest BCUT2D eigenvalue weighted by Gasteiger charge is 2.21. The van der Waals surface area contributed by atoms with E-state index in [0.29, 0.717) is 16.5 Å². The summed E-state index contributed by atoms with van der Waals surface area (Å²) >= 11 is 5.84. The molecule has 1 aliphatic rings. The van der Waals surface area contributed by atoms with Gasteiger partial charge in [0, 0.05) is 30.2 Å². The first-order valence-corrected chi connectivity index (χ1v) is 8.79. The van der Waals surface area contributed by atoms with E-state index in [1.165, 1.54) is 10.6 Å². The zero-order valence-corrected chi connectivity index (χ0v) is 15.1. The number of hydrogen-bond acceptors (Lipinski definition) is 6. The molecule has 0 saturated carbocycles. The van der Waals surface area contributed by atoms with Crippen molar-refractivity contribution in [2.75, 3.05) is 25.0 Å². The summed E-state index contributed by atoms with van der Waals surface area (Å²) < 4.78 is 1.43. The SMILES string of the molecule is CCN1CCC[C@@H](Nc2nnc(-c3ccc(Cl)cc3O)c(=O)n2C)C1. The quantitative estimate of drug-likeness (QED) is 0.865. The molecule has 0 amide bonds. The highest BCUT2D eigenvalue weighted by molar-refractivity contribution is 6.30. The number of nitrogens with one attached hydrogen (secondary N) is 1. The van der Waals surface area contributed by atoms with Gasteiger partial charge in [0.05, 0.1) is 0 Å². The molecule has 7 nitrogen and oxygen atoms in total. The number of aromatic hydroxyl groups is 1. The Bertz CT molecular complexity index is 823.